The van der Waals surface area contributed by atoms with Crippen LogP contribution in [0.1, 0.15) is 74.0 Å². The summed E-state index contributed by atoms with van der Waals surface area (Å²) < 4.78 is 45.9. The molecule has 1 nitrogen and oxygen atoms in total. The highest BCUT2D eigenvalue weighted by Crippen LogP contribution is 2.42. The van der Waals surface area contributed by atoms with E-state index < -0.39 is 18.3 Å². The largest absolute Gasteiger partial charge is 0.491 e. The molecule has 0 N–H and O–H groups in total. The molecule has 0 unspecified atom stereocenters. The number of ether oxygens (including phenoxy) is 1. The summed E-state index contributed by atoms with van der Waals surface area (Å²) in [5.74, 6) is -1.10. The van der Waals surface area contributed by atoms with Gasteiger partial charge in [0.2, 0.25) is 5.82 Å². The summed E-state index contributed by atoms with van der Waals surface area (Å²) in [6, 6.07) is 12.0. The molecular formula is C26H31F3O. The molecule has 1 fully saturated rings. The Morgan fingerprint density at radius 3 is 2.27 bits per heavy atom. The Bertz CT molecular complexity index is 821. The third-order valence-corrected chi connectivity index (χ3v) is 6.09. The minimum absolute atomic E-state index is 0.00837. The molecule has 0 radical (unpaired) electrons. The van der Waals surface area contributed by atoms with Crippen LogP contribution in [0, 0.1) is 11.6 Å². The molecule has 2 aromatic rings. The number of unbranched alkanes of at least 4 members (excludes halogenated alkanes) is 1. The first kappa shape index (κ1) is 22.5. The Morgan fingerprint density at radius 2 is 1.60 bits per heavy atom. The SMILES string of the molecule is CCOc1ccc(C2CCC(c3ccc(CCCC=CCF)cc3)CC2)c(F)c1F. The Labute approximate surface area is 178 Å². The highest BCUT2D eigenvalue weighted by Gasteiger charge is 2.27. The van der Waals surface area contributed by atoms with E-state index >= 15 is 0 Å². The van der Waals surface area contributed by atoms with Gasteiger partial charge in [0.05, 0.1) is 6.61 Å². The molecule has 1 saturated carbocycles. The lowest BCUT2D eigenvalue weighted by Crippen LogP contribution is -2.14. The zero-order valence-electron chi connectivity index (χ0n) is 17.7. The van der Waals surface area contributed by atoms with E-state index in [1.54, 1.807) is 25.1 Å². The summed E-state index contributed by atoms with van der Waals surface area (Å²) in [5, 5.41) is 0. The van der Waals surface area contributed by atoms with Crippen molar-refractivity contribution in [1.82, 2.24) is 0 Å². The third kappa shape index (κ3) is 5.68. The number of hydrogen-bond donors (Lipinski definition) is 0. The summed E-state index contributed by atoms with van der Waals surface area (Å²) in [6.45, 7) is 1.68. The zero-order chi connectivity index (χ0) is 21.3. The number of benzene rings is 2. The van der Waals surface area contributed by atoms with Crippen molar-refractivity contribution in [3.63, 3.8) is 0 Å². The minimum Gasteiger partial charge on any atom is -0.491 e. The molecule has 0 aliphatic heterocycles. The number of aryl methyl sites for hydroxylation is 1. The van der Waals surface area contributed by atoms with Gasteiger partial charge in [-0.25, -0.2) is 8.78 Å². The number of rotatable bonds is 9. The van der Waals surface area contributed by atoms with Crippen LogP contribution >= 0.6 is 0 Å². The second kappa shape index (κ2) is 11.2. The van der Waals surface area contributed by atoms with Gasteiger partial charge in [0, 0.05) is 0 Å². The monoisotopic (exact) mass is 416 g/mol. The van der Waals surface area contributed by atoms with Crippen LogP contribution in [-0.2, 0) is 6.42 Å². The molecule has 0 heterocycles. The number of alkyl halides is 1. The Hall–Kier alpha value is -2.23. The molecule has 0 amide bonds. The van der Waals surface area contributed by atoms with E-state index in [1.165, 1.54) is 11.1 Å². The van der Waals surface area contributed by atoms with Crippen molar-refractivity contribution in [2.45, 2.75) is 63.7 Å². The summed E-state index contributed by atoms with van der Waals surface area (Å²) >= 11 is 0. The molecule has 1 aliphatic carbocycles. The van der Waals surface area contributed by atoms with Crippen LogP contribution in [0.2, 0.25) is 0 Å². The van der Waals surface area contributed by atoms with Crippen LogP contribution in [0.5, 0.6) is 5.75 Å². The Balaban J connectivity index is 1.54. The van der Waals surface area contributed by atoms with Crippen molar-refractivity contribution in [3.05, 3.63) is 76.9 Å². The molecule has 2 aromatic carbocycles. The Kier molecular flexibility index (Phi) is 8.41. The average molecular weight is 417 g/mol. The van der Waals surface area contributed by atoms with E-state index in [1.807, 2.05) is 6.08 Å². The molecule has 0 saturated heterocycles. The van der Waals surface area contributed by atoms with Gasteiger partial charge in [-0.2, -0.15) is 4.39 Å². The van der Waals surface area contributed by atoms with Crippen LogP contribution in [0.25, 0.3) is 0 Å². The van der Waals surface area contributed by atoms with Gasteiger partial charge < -0.3 is 4.74 Å². The van der Waals surface area contributed by atoms with Crippen LogP contribution < -0.4 is 4.74 Å². The van der Waals surface area contributed by atoms with Gasteiger partial charge >= 0.3 is 0 Å². The first-order chi connectivity index (χ1) is 14.6. The fourth-order valence-corrected chi connectivity index (χ4v) is 4.43. The maximum atomic E-state index is 14.5. The van der Waals surface area contributed by atoms with Crippen molar-refractivity contribution in [1.29, 1.82) is 0 Å². The van der Waals surface area contributed by atoms with Gasteiger partial charge in [0.25, 0.3) is 0 Å². The van der Waals surface area contributed by atoms with E-state index in [-0.39, 0.29) is 11.7 Å². The van der Waals surface area contributed by atoms with Crippen LogP contribution in [0.3, 0.4) is 0 Å². The molecule has 0 spiro atoms. The van der Waals surface area contributed by atoms with Gasteiger partial charge in [-0.1, -0.05) is 42.5 Å². The van der Waals surface area contributed by atoms with Crippen molar-refractivity contribution in [2.24, 2.45) is 0 Å². The normalized spacial score (nSPS) is 19.3. The van der Waals surface area contributed by atoms with Crippen molar-refractivity contribution >= 4 is 0 Å². The predicted molar refractivity (Wildman–Crippen MR) is 116 cm³/mol. The summed E-state index contributed by atoms with van der Waals surface area (Å²) in [6.07, 6.45) is 10.0. The molecule has 1 aliphatic rings. The molecule has 0 aromatic heterocycles. The highest BCUT2D eigenvalue weighted by atomic mass is 19.2. The molecule has 3 rings (SSSR count). The summed E-state index contributed by atoms with van der Waals surface area (Å²) in [4.78, 5) is 0. The van der Waals surface area contributed by atoms with Gasteiger partial charge in [-0.3, -0.25) is 0 Å². The molecule has 0 bridgehead atoms. The van der Waals surface area contributed by atoms with Crippen molar-refractivity contribution in [2.75, 3.05) is 13.3 Å². The first-order valence-electron chi connectivity index (χ1n) is 11.0. The van der Waals surface area contributed by atoms with Gasteiger partial charge in [0.1, 0.15) is 6.67 Å². The topological polar surface area (TPSA) is 9.23 Å². The standard InChI is InChI=1S/C26H31F3O/c1-2-30-24-17-16-23(25(28)26(24)29)22-14-12-21(13-15-22)20-10-8-19(9-11-20)7-5-3-4-6-18-27/h4,6,8-11,16-17,21-22H,2-3,5,7,12-15,18H2,1H3. The third-order valence-electron chi connectivity index (χ3n) is 6.09. The Morgan fingerprint density at radius 1 is 0.900 bits per heavy atom. The maximum absolute atomic E-state index is 14.5. The summed E-state index contributed by atoms with van der Waals surface area (Å²) in [7, 11) is 0. The quantitative estimate of drug-likeness (QED) is 0.301. The van der Waals surface area contributed by atoms with E-state index in [0.717, 1.165) is 44.9 Å². The van der Waals surface area contributed by atoms with Crippen LogP contribution in [-0.4, -0.2) is 13.3 Å². The molecular weight excluding hydrogens is 385 g/mol. The fourth-order valence-electron chi connectivity index (χ4n) is 4.43. The molecule has 4 heteroatoms. The molecule has 30 heavy (non-hydrogen) atoms. The van der Waals surface area contributed by atoms with Crippen LogP contribution in [0.4, 0.5) is 13.2 Å². The maximum Gasteiger partial charge on any atom is 0.200 e. The van der Waals surface area contributed by atoms with E-state index in [9.17, 15) is 13.2 Å². The number of hydrogen-bond acceptors (Lipinski definition) is 1. The van der Waals surface area contributed by atoms with Gasteiger partial charge in [0.15, 0.2) is 11.6 Å². The van der Waals surface area contributed by atoms with Crippen molar-refractivity contribution in [3.8, 4) is 5.75 Å². The fraction of sp³-hybridized carbons (Fsp3) is 0.462. The summed E-state index contributed by atoms with van der Waals surface area (Å²) in [5.41, 5.74) is 3.10. The zero-order valence-corrected chi connectivity index (χ0v) is 17.7. The van der Waals surface area contributed by atoms with E-state index in [0.29, 0.717) is 18.1 Å². The van der Waals surface area contributed by atoms with Crippen LogP contribution in [0.15, 0.2) is 48.6 Å². The van der Waals surface area contributed by atoms with Gasteiger partial charge in [-0.05, 0) is 86.5 Å². The van der Waals surface area contributed by atoms with E-state index in [2.05, 4.69) is 24.3 Å². The van der Waals surface area contributed by atoms with Crippen molar-refractivity contribution < 1.29 is 17.9 Å². The average Bonchev–Trinajstić information content (AvgIpc) is 2.78. The predicted octanol–water partition coefficient (Wildman–Crippen LogP) is 7.65. The number of halogens is 3. The second-order valence-corrected chi connectivity index (χ2v) is 8.02. The van der Waals surface area contributed by atoms with E-state index in [4.69, 9.17) is 4.74 Å². The minimum atomic E-state index is -0.868. The number of allylic oxidation sites excluding steroid dienone is 2. The first-order valence-corrected chi connectivity index (χ1v) is 11.0. The molecule has 0 atom stereocenters. The smallest absolute Gasteiger partial charge is 0.200 e. The lowest BCUT2D eigenvalue weighted by atomic mass is 9.76. The van der Waals surface area contributed by atoms with Gasteiger partial charge in [-0.15, -0.1) is 0 Å². The molecule has 162 valence electrons. The lowest BCUT2D eigenvalue weighted by molar-refractivity contribution is 0.310. The lowest BCUT2D eigenvalue weighted by Gasteiger charge is -2.29. The highest BCUT2D eigenvalue weighted by molar-refractivity contribution is 5.34. The second-order valence-electron chi connectivity index (χ2n) is 8.02.